The van der Waals surface area contributed by atoms with Crippen molar-refractivity contribution < 1.29 is 13.2 Å². The van der Waals surface area contributed by atoms with Gasteiger partial charge in [-0.3, -0.25) is 9.10 Å². The smallest absolute Gasteiger partial charge is 0.269 e. The molecule has 0 fully saturated rings. The van der Waals surface area contributed by atoms with E-state index < -0.39 is 10.0 Å². The van der Waals surface area contributed by atoms with Gasteiger partial charge in [0.1, 0.15) is 0 Å². The average Bonchev–Trinajstić information content (AvgIpc) is 2.74. The molecule has 1 N–H and O–H groups in total. The Balaban J connectivity index is 1.69. The highest BCUT2D eigenvalue weighted by molar-refractivity contribution is 7.92. The number of nitrogens with one attached hydrogen (secondary N) is 1. The van der Waals surface area contributed by atoms with Crippen LogP contribution in [0.5, 0.6) is 0 Å². The van der Waals surface area contributed by atoms with Crippen LogP contribution in [-0.2, 0) is 10.0 Å². The summed E-state index contributed by atoms with van der Waals surface area (Å²) < 4.78 is 26.5. The third-order valence-electron chi connectivity index (χ3n) is 4.07. The molecule has 0 radical (unpaired) electrons. The van der Waals surface area contributed by atoms with Crippen LogP contribution in [0.15, 0.2) is 94.9 Å². The molecular formula is C21H19N3O3S. The molecule has 0 unspecified atom stereocenters. The number of benzene rings is 3. The SMILES string of the molecule is CN(c1ccc(C(=O)N/N=C\c2ccccc2)cc1)S(=O)(=O)c1ccccc1. The van der Waals surface area contributed by atoms with E-state index in [1.165, 1.54) is 11.4 Å². The number of hydrogen-bond donors (Lipinski definition) is 1. The first-order valence-corrected chi connectivity index (χ1v) is 9.95. The summed E-state index contributed by atoms with van der Waals surface area (Å²) in [5.74, 6) is -0.382. The lowest BCUT2D eigenvalue weighted by Crippen LogP contribution is -2.26. The van der Waals surface area contributed by atoms with Gasteiger partial charge in [-0.15, -0.1) is 0 Å². The Morgan fingerprint density at radius 3 is 2.07 bits per heavy atom. The number of anilines is 1. The third kappa shape index (κ3) is 4.44. The molecule has 3 aromatic rings. The summed E-state index contributed by atoms with van der Waals surface area (Å²) in [6.07, 6.45) is 1.55. The number of rotatable bonds is 6. The number of sulfonamides is 1. The quantitative estimate of drug-likeness (QED) is 0.516. The molecule has 0 heterocycles. The first-order valence-electron chi connectivity index (χ1n) is 8.51. The van der Waals surface area contributed by atoms with Gasteiger partial charge in [0.05, 0.1) is 16.8 Å². The molecule has 3 rings (SSSR count). The lowest BCUT2D eigenvalue weighted by molar-refractivity contribution is 0.0955. The lowest BCUT2D eigenvalue weighted by Gasteiger charge is -2.19. The Hall–Kier alpha value is -3.45. The number of carbonyl (C=O) groups excluding carboxylic acids is 1. The van der Waals surface area contributed by atoms with Crippen LogP contribution in [0.25, 0.3) is 0 Å². The van der Waals surface area contributed by atoms with E-state index >= 15 is 0 Å². The zero-order valence-electron chi connectivity index (χ0n) is 15.2. The predicted octanol–water partition coefficient (Wildman–Crippen LogP) is 3.28. The van der Waals surface area contributed by atoms with Crippen LogP contribution in [-0.4, -0.2) is 27.6 Å². The van der Waals surface area contributed by atoms with E-state index in [0.29, 0.717) is 11.3 Å². The van der Waals surface area contributed by atoms with Gasteiger partial charge in [0, 0.05) is 12.6 Å². The Morgan fingerprint density at radius 2 is 1.46 bits per heavy atom. The van der Waals surface area contributed by atoms with Crippen molar-refractivity contribution in [1.82, 2.24) is 5.43 Å². The Labute approximate surface area is 164 Å². The van der Waals surface area contributed by atoms with Gasteiger partial charge in [0.2, 0.25) is 0 Å². The highest BCUT2D eigenvalue weighted by Crippen LogP contribution is 2.22. The molecule has 1 amide bonds. The van der Waals surface area contributed by atoms with Gasteiger partial charge in [0.25, 0.3) is 15.9 Å². The van der Waals surface area contributed by atoms with Crippen molar-refractivity contribution in [2.45, 2.75) is 4.90 Å². The Bertz CT molecular complexity index is 1060. The molecule has 7 heteroatoms. The zero-order valence-corrected chi connectivity index (χ0v) is 16.0. The first kappa shape index (κ1) is 19.3. The van der Waals surface area contributed by atoms with E-state index in [9.17, 15) is 13.2 Å². The van der Waals surface area contributed by atoms with Crippen molar-refractivity contribution in [3.05, 3.63) is 96.1 Å². The summed E-state index contributed by atoms with van der Waals surface area (Å²) in [5.41, 5.74) is 4.14. The summed E-state index contributed by atoms with van der Waals surface area (Å²) in [5, 5.41) is 3.92. The first-order chi connectivity index (χ1) is 13.5. The molecule has 0 atom stereocenters. The molecular weight excluding hydrogens is 374 g/mol. The summed E-state index contributed by atoms with van der Waals surface area (Å²) in [6.45, 7) is 0. The largest absolute Gasteiger partial charge is 0.271 e. The molecule has 0 aliphatic rings. The maximum atomic E-state index is 12.7. The van der Waals surface area contributed by atoms with Crippen LogP contribution in [0.1, 0.15) is 15.9 Å². The lowest BCUT2D eigenvalue weighted by atomic mass is 10.2. The summed E-state index contributed by atoms with van der Waals surface area (Å²) in [7, 11) is -2.19. The zero-order chi connectivity index (χ0) is 20.0. The van der Waals surface area contributed by atoms with Crippen LogP contribution in [0.2, 0.25) is 0 Å². The van der Waals surface area contributed by atoms with Crippen LogP contribution in [0.3, 0.4) is 0 Å². The van der Waals surface area contributed by atoms with Crippen molar-refractivity contribution in [2.75, 3.05) is 11.4 Å². The average molecular weight is 393 g/mol. The molecule has 0 bridgehead atoms. The molecule has 0 saturated carbocycles. The van der Waals surface area contributed by atoms with E-state index in [0.717, 1.165) is 5.56 Å². The van der Waals surface area contributed by atoms with Gasteiger partial charge in [-0.1, -0.05) is 48.5 Å². The van der Waals surface area contributed by atoms with Gasteiger partial charge in [-0.05, 0) is 42.0 Å². The molecule has 6 nitrogen and oxygen atoms in total. The number of carbonyl (C=O) groups is 1. The summed E-state index contributed by atoms with van der Waals surface area (Å²) in [6, 6.07) is 23.8. The van der Waals surface area contributed by atoms with Gasteiger partial charge in [-0.2, -0.15) is 5.10 Å². The minimum atomic E-state index is -3.66. The van der Waals surface area contributed by atoms with E-state index in [2.05, 4.69) is 10.5 Å². The summed E-state index contributed by atoms with van der Waals surface area (Å²) in [4.78, 5) is 12.4. The Kier molecular flexibility index (Phi) is 5.86. The van der Waals surface area contributed by atoms with Crippen LogP contribution < -0.4 is 9.73 Å². The normalized spacial score (nSPS) is 11.3. The molecule has 28 heavy (non-hydrogen) atoms. The second kappa shape index (κ2) is 8.49. The van der Waals surface area contributed by atoms with E-state index in [1.54, 1.807) is 60.8 Å². The molecule has 0 spiro atoms. The van der Waals surface area contributed by atoms with Crippen LogP contribution >= 0.6 is 0 Å². The van der Waals surface area contributed by atoms with Crippen molar-refractivity contribution in [1.29, 1.82) is 0 Å². The molecule has 0 aliphatic carbocycles. The standard InChI is InChI=1S/C21H19N3O3S/c1-24(28(26,27)20-10-6-3-7-11-20)19-14-12-18(13-15-19)21(25)23-22-16-17-8-4-2-5-9-17/h2-16H,1H3,(H,23,25)/b22-16-. The third-order valence-corrected chi connectivity index (χ3v) is 5.87. The minimum Gasteiger partial charge on any atom is -0.269 e. The molecule has 0 aliphatic heterocycles. The molecule has 0 saturated heterocycles. The predicted molar refractivity (Wildman–Crippen MR) is 110 cm³/mol. The van der Waals surface area contributed by atoms with Gasteiger partial charge < -0.3 is 0 Å². The fourth-order valence-corrected chi connectivity index (χ4v) is 3.70. The number of hydrogen-bond acceptors (Lipinski definition) is 4. The summed E-state index contributed by atoms with van der Waals surface area (Å²) >= 11 is 0. The van der Waals surface area contributed by atoms with Gasteiger partial charge in [0.15, 0.2) is 0 Å². The highest BCUT2D eigenvalue weighted by atomic mass is 32.2. The molecule has 142 valence electrons. The fraction of sp³-hybridized carbons (Fsp3) is 0.0476. The second-order valence-electron chi connectivity index (χ2n) is 5.94. The monoisotopic (exact) mass is 393 g/mol. The Morgan fingerprint density at radius 1 is 0.893 bits per heavy atom. The van der Waals surface area contributed by atoms with Crippen molar-refractivity contribution in [3.8, 4) is 0 Å². The van der Waals surface area contributed by atoms with Crippen molar-refractivity contribution in [2.24, 2.45) is 5.10 Å². The number of nitrogens with zero attached hydrogens (tertiary/aromatic N) is 2. The van der Waals surface area contributed by atoms with Gasteiger partial charge >= 0.3 is 0 Å². The molecule has 0 aromatic heterocycles. The van der Waals surface area contributed by atoms with E-state index in [-0.39, 0.29) is 10.8 Å². The number of amides is 1. The minimum absolute atomic E-state index is 0.203. The van der Waals surface area contributed by atoms with E-state index in [1.807, 2.05) is 30.3 Å². The fourth-order valence-electron chi connectivity index (χ4n) is 2.48. The van der Waals surface area contributed by atoms with Gasteiger partial charge in [-0.25, -0.2) is 13.8 Å². The topological polar surface area (TPSA) is 78.8 Å². The van der Waals surface area contributed by atoms with Crippen molar-refractivity contribution >= 4 is 27.8 Å². The highest BCUT2D eigenvalue weighted by Gasteiger charge is 2.21. The van der Waals surface area contributed by atoms with E-state index in [4.69, 9.17) is 0 Å². The van der Waals surface area contributed by atoms with Crippen LogP contribution in [0, 0.1) is 0 Å². The molecule has 3 aromatic carbocycles. The van der Waals surface area contributed by atoms with Crippen LogP contribution in [0.4, 0.5) is 5.69 Å². The maximum absolute atomic E-state index is 12.7. The second-order valence-corrected chi connectivity index (χ2v) is 7.91. The van der Waals surface area contributed by atoms with Crippen molar-refractivity contribution in [3.63, 3.8) is 0 Å². The number of hydrazone groups is 1. The maximum Gasteiger partial charge on any atom is 0.271 e.